The van der Waals surface area contributed by atoms with Crippen molar-refractivity contribution in [2.45, 2.75) is 6.42 Å². The first kappa shape index (κ1) is 12.2. The summed E-state index contributed by atoms with van der Waals surface area (Å²) in [5.74, 6) is 0.0288. The molecule has 2 amide bonds. The van der Waals surface area contributed by atoms with E-state index in [2.05, 4.69) is 5.32 Å². The Labute approximate surface area is 104 Å². The molecule has 0 bridgehead atoms. The molecule has 5 nitrogen and oxygen atoms in total. The maximum atomic E-state index is 11.7. The Morgan fingerprint density at radius 1 is 1.29 bits per heavy atom. The minimum Gasteiger partial charge on any atom is -0.307 e. The number of anilines is 1. The molecule has 1 heterocycles. The van der Waals surface area contributed by atoms with Gasteiger partial charge in [0.25, 0.3) is 0 Å². The molecule has 17 heavy (non-hydrogen) atoms. The number of nitrogens with one attached hydrogen (secondary N) is 1. The molecular weight excluding hydrogens is 264 g/mol. The van der Waals surface area contributed by atoms with Gasteiger partial charge in [0.05, 0.1) is 5.75 Å². The molecular formula is C10H11ClN2O3S. The van der Waals surface area contributed by atoms with Crippen molar-refractivity contribution in [3.05, 3.63) is 29.3 Å². The molecule has 0 aliphatic carbocycles. The van der Waals surface area contributed by atoms with Crippen LogP contribution in [0.1, 0.15) is 6.42 Å². The Balaban J connectivity index is 2.09. The summed E-state index contributed by atoms with van der Waals surface area (Å²) < 4.78 is 23.8. The molecule has 2 rings (SSSR count). The lowest BCUT2D eigenvalue weighted by atomic mass is 10.3. The first-order chi connectivity index (χ1) is 7.99. The SMILES string of the molecule is O=C(Nc1ccc(Cl)cc1)N1CCCS1(=O)=O. The average molecular weight is 275 g/mol. The number of rotatable bonds is 1. The van der Waals surface area contributed by atoms with Gasteiger partial charge >= 0.3 is 6.03 Å². The molecule has 1 fully saturated rings. The van der Waals surface area contributed by atoms with E-state index in [-0.39, 0.29) is 12.3 Å². The fraction of sp³-hybridized carbons (Fsp3) is 0.300. The number of sulfonamides is 1. The highest BCUT2D eigenvalue weighted by molar-refractivity contribution is 7.89. The molecule has 0 atom stereocenters. The third-order valence-electron chi connectivity index (χ3n) is 2.42. The van der Waals surface area contributed by atoms with Crippen molar-refractivity contribution in [2.75, 3.05) is 17.6 Å². The van der Waals surface area contributed by atoms with Gasteiger partial charge in [-0.3, -0.25) is 0 Å². The van der Waals surface area contributed by atoms with Gasteiger partial charge in [-0.05, 0) is 30.7 Å². The van der Waals surface area contributed by atoms with Crippen LogP contribution in [0.5, 0.6) is 0 Å². The highest BCUT2D eigenvalue weighted by Gasteiger charge is 2.32. The van der Waals surface area contributed by atoms with E-state index in [0.717, 1.165) is 4.31 Å². The average Bonchev–Trinajstić information content (AvgIpc) is 2.61. The van der Waals surface area contributed by atoms with Crippen LogP contribution in [0, 0.1) is 0 Å². The van der Waals surface area contributed by atoms with E-state index < -0.39 is 16.1 Å². The smallest absolute Gasteiger partial charge is 0.307 e. The second-order valence-electron chi connectivity index (χ2n) is 3.68. The second-order valence-corrected chi connectivity index (χ2v) is 6.13. The number of halogens is 1. The normalized spacial score (nSPS) is 18.1. The topological polar surface area (TPSA) is 66.5 Å². The van der Waals surface area contributed by atoms with Crippen molar-refractivity contribution >= 4 is 33.3 Å². The van der Waals surface area contributed by atoms with Crippen LogP contribution in [0.15, 0.2) is 24.3 Å². The van der Waals surface area contributed by atoms with Gasteiger partial charge in [0.1, 0.15) is 0 Å². The van der Waals surface area contributed by atoms with E-state index in [1.54, 1.807) is 24.3 Å². The molecule has 7 heteroatoms. The van der Waals surface area contributed by atoms with Crippen molar-refractivity contribution in [2.24, 2.45) is 0 Å². The number of amides is 2. The van der Waals surface area contributed by atoms with Crippen molar-refractivity contribution in [1.29, 1.82) is 0 Å². The van der Waals surface area contributed by atoms with Gasteiger partial charge < -0.3 is 5.32 Å². The maximum Gasteiger partial charge on any atom is 0.335 e. The van der Waals surface area contributed by atoms with Crippen LogP contribution in [0.25, 0.3) is 0 Å². The number of urea groups is 1. The number of hydrogen-bond donors (Lipinski definition) is 1. The third-order valence-corrected chi connectivity index (χ3v) is 4.50. The van der Waals surface area contributed by atoms with Crippen LogP contribution < -0.4 is 5.32 Å². The van der Waals surface area contributed by atoms with Crippen LogP contribution in [-0.4, -0.2) is 31.1 Å². The van der Waals surface area contributed by atoms with E-state index in [1.165, 1.54) is 0 Å². The van der Waals surface area contributed by atoms with Gasteiger partial charge in [-0.2, -0.15) is 0 Å². The Hall–Kier alpha value is -1.27. The van der Waals surface area contributed by atoms with Crippen LogP contribution in [0.4, 0.5) is 10.5 Å². The molecule has 0 saturated carbocycles. The number of benzene rings is 1. The van der Waals surface area contributed by atoms with Crippen molar-refractivity contribution < 1.29 is 13.2 Å². The molecule has 1 N–H and O–H groups in total. The maximum absolute atomic E-state index is 11.7. The van der Waals surface area contributed by atoms with Gasteiger partial charge in [0.2, 0.25) is 10.0 Å². The second kappa shape index (κ2) is 4.54. The van der Waals surface area contributed by atoms with Crippen molar-refractivity contribution in [3.63, 3.8) is 0 Å². The fourth-order valence-electron chi connectivity index (χ4n) is 1.59. The zero-order chi connectivity index (χ0) is 12.5. The van der Waals surface area contributed by atoms with Gasteiger partial charge in [0, 0.05) is 17.3 Å². The standard InChI is InChI=1S/C10H11ClN2O3S/c11-8-2-4-9(5-3-8)12-10(14)13-6-1-7-17(13,15)16/h2-5H,1,6-7H2,(H,12,14). The molecule has 1 aliphatic rings. The van der Waals surface area contributed by atoms with Gasteiger partial charge in [-0.15, -0.1) is 0 Å². The predicted octanol–water partition coefficient (Wildman–Crippen LogP) is 1.91. The summed E-state index contributed by atoms with van der Waals surface area (Å²) in [6, 6.07) is 5.85. The van der Waals surface area contributed by atoms with E-state index in [4.69, 9.17) is 11.6 Å². The minimum absolute atomic E-state index is 0.0288. The fourth-order valence-corrected chi connectivity index (χ4v) is 3.13. The third kappa shape index (κ3) is 2.70. The molecule has 0 spiro atoms. The zero-order valence-corrected chi connectivity index (χ0v) is 10.5. The lowest BCUT2D eigenvalue weighted by Crippen LogP contribution is -2.36. The highest BCUT2D eigenvalue weighted by Crippen LogP contribution is 2.17. The monoisotopic (exact) mass is 274 g/mol. The summed E-state index contributed by atoms with van der Waals surface area (Å²) >= 11 is 5.70. The predicted molar refractivity (Wildman–Crippen MR) is 65.6 cm³/mol. The van der Waals surface area contributed by atoms with Crippen LogP contribution in [0.2, 0.25) is 5.02 Å². The van der Waals surface area contributed by atoms with E-state index in [9.17, 15) is 13.2 Å². The Kier molecular flexibility index (Phi) is 3.26. The van der Waals surface area contributed by atoms with E-state index >= 15 is 0 Å². The molecule has 1 aliphatic heterocycles. The Morgan fingerprint density at radius 3 is 2.47 bits per heavy atom. The summed E-state index contributed by atoms with van der Waals surface area (Å²) in [4.78, 5) is 11.7. The van der Waals surface area contributed by atoms with Gasteiger partial charge in [-0.25, -0.2) is 17.5 Å². The van der Waals surface area contributed by atoms with Crippen LogP contribution in [0.3, 0.4) is 0 Å². The highest BCUT2D eigenvalue weighted by atomic mass is 35.5. The lowest BCUT2D eigenvalue weighted by molar-refractivity contribution is 0.238. The molecule has 1 aromatic carbocycles. The molecule has 0 aromatic heterocycles. The Morgan fingerprint density at radius 2 is 1.94 bits per heavy atom. The molecule has 1 saturated heterocycles. The largest absolute Gasteiger partial charge is 0.335 e. The van der Waals surface area contributed by atoms with E-state index in [0.29, 0.717) is 17.1 Å². The summed E-state index contributed by atoms with van der Waals surface area (Å²) in [7, 11) is -3.42. The summed E-state index contributed by atoms with van der Waals surface area (Å²) in [5.41, 5.74) is 0.515. The Bertz CT molecular complexity index is 527. The number of carbonyl (C=O) groups excluding carboxylic acids is 1. The summed E-state index contributed by atoms with van der Waals surface area (Å²) in [5, 5.41) is 3.07. The van der Waals surface area contributed by atoms with E-state index in [1.807, 2.05) is 0 Å². The first-order valence-corrected chi connectivity index (χ1v) is 7.05. The number of hydrogen-bond acceptors (Lipinski definition) is 3. The number of nitrogens with zero attached hydrogens (tertiary/aromatic N) is 1. The zero-order valence-electron chi connectivity index (χ0n) is 8.89. The molecule has 0 radical (unpaired) electrons. The molecule has 1 aromatic rings. The van der Waals surface area contributed by atoms with Crippen molar-refractivity contribution in [3.8, 4) is 0 Å². The molecule has 0 unspecified atom stereocenters. The lowest BCUT2D eigenvalue weighted by Gasteiger charge is -2.15. The van der Waals surface area contributed by atoms with Gasteiger partial charge in [0.15, 0.2) is 0 Å². The van der Waals surface area contributed by atoms with Crippen LogP contribution in [-0.2, 0) is 10.0 Å². The molecule has 92 valence electrons. The van der Waals surface area contributed by atoms with Crippen LogP contribution >= 0.6 is 11.6 Å². The summed E-state index contributed by atoms with van der Waals surface area (Å²) in [6.07, 6.45) is 0.483. The van der Waals surface area contributed by atoms with Crippen molar-refractivity contribution in [1.82, 2.24) is 4.31 Å². The summed E-state index contributed by atoms with van der Waals surface area (Å²) in [6.45, 7) is 0.238. The quantitative estimate of drug-likeness (QED) is 0.851. The van der Waals surface area contributed by atoms with Gasteiger partial charge in [-0.1, -0.05) is 11.6 Å². The first-order valence-electron chi connectivity index (χ1n) is 5.06. The number of carbonyl (C=O) groups is 1. The minimum atomic E-state index is -3.42.